The van der Waals surface area contributed by atoms with Gasteiger partial charge in [-0.15, -0.1) is 0 Å². The molecule has 0 bridgehead atoms. The van der Waals surface area contributed by atoms with E-state index >= 15 is 0 Å². The Labute approximate surface area is 82.9 Å². The second-order valence-corrected chi connectivity index (χ2v) is 3.10. The smallest absolute Gasteiger partial charge is 0.192 e. The largest absolute Gasteiger partial charge is 0.387 e. The predicted octanol–water partition coefficient (Wildman–Crippen LogP) is 1.91. The molecule has 1 aliphatic heterocycles. The Kier molecular flexibility index (Phi) is 2.45. The van der Waals surface area contributed by atoms with Crippen LogP contribution in [0.3, 0.4) is 0 Å². The average molecular weight is 185 g/mol. The zero-order valence-electron chi connectivity index (χ0n) is 7.73. The van der Waals surface area contributed by atoms with Crippen molar-refractivity contribution in [1.29, 1.82) is 0 Å². The molecule has 2 heteroatoms. The van der Waals surface area contributed by atoms with Gasteiger partial charge in [0.25, 0.3) is 0 Å². The van der Waals surface area contributed by atoms with Gasteiger partial charge in [-0.1, -0.05) is 36.4 Å². The summed E-state index contributed by atoms with van der Waals surface area (Å²) in [5, 5.41) is 3.01. The van der Waals surface area contributed by atoms with Gasteiger partial charge >= 0.3 is 0 Å². The van der Waals surface area contributed by atoms with E-state index in [1.165, 1.54) is 0 Å². The molecule has 2 rings (SSSR count). The van der Waals surface area contributed by atoms with E-state index in [9.17, 15) is 4.79 Å². The molecule has 0 unspecified atom stereocenters. The standard InChI is InChI=1S/C12H11NO/c14-12(10-4-2-1-3-5-10)11-6-8-13-9-7-11/h1-8,13H,9H2. The second-order valence-electron chi connectivity index (χ2n) is 3.10. The number of benzene rings is 1. The number of dihydropyridines is 1. The third-order valence-electron chi connectivity index (χ3n) is 2.12. The maximum absolute atomic E-state index is 11.9. The number of carbonyl (C=O) groups is 1. The number of Topliss-reactive ketones (excluding diaryl/α,β-unsaturated/α-hetero) is 1. The van der Waals surface area contributed by atoms with Crippen LogP contribution in [0.25, 0.3) is 0 Å². The number of carbonyl (C=O) groups excluding carboxylic acids is 1. The molecular weight excluding hydrogens is 174 g/mol. The topological polar surface area (TPSA) is 29.1 Å². The quantitative estimate of drug-likeness (QED) is 0.713. The Bertz CT molecular complexity index is 390. The third kappa shape index (κ3) is 1.74. The van der Waals surface area contributed by atoms with Crippen molar-refractivity contribution < 1.29 is 4.79 Å². The van der Waals surface area contributed by atoms with Crippen LogP contribution in [-0.4, -0.2) is 12.3 Å². The van der Waals surface area contributed by atoms with Gasteiger partial charge in [0.05, 0.1) is 0 Å². The fourth-order valence-electron chi connectivity index (χ4n) is 1.38. The van der Waals surface area contributed by atoms with Crippen LogP contribution in [0, 0.1) is 0 Å². The molecule has 70 valence electrons. The molecule has 14 heavy (non-hydrogen) atoms. The van der Waals surface area contributed by atoms with Crippen molar-refractivity contribution in [3.05, 3.63) is 59.8 Å². The number of hydrogen-bond donors (Lipinski definition) is 1. The van der Waals surface area contributed by atoms with Crippen LogP contribution in [0.4, 0.5) is 0 Å². The first-order chi connectivity index (χ1) is 6.88. The van der Waals surface area contributed by atoms with Crippen molar-refractivity contribution >= 4 is 5.78 Å². The summed E-state index contributed by atoms with van der Waals surface area (Å²) in [7, 11) is 0. The number of nitrogens with one attached hydrogen (secondary N) is 1. The van der Waals surface area contributed by atoms with Crippen molar-refractivity contribution in [2.24, 2.45) is 0 Å². The van der Waals surface area contributed by atoms with E-state index in [4.69, 9.17) is 0 Å². The van der Waals surface area contributed by atoms with Crippen LogP contribution in [0.15, 0.2) is 54.3 Å². The Morgan fingerprint density at radius 3 is 2.64 bits per heavy atom. The van der Waals surface area contributed by atoms with Crippen LogP contribution < -0.4 is 5.32 Å². The zero-order valence-corrected chi connectivity index (χ0v) is 7.73. The van der Waals surface area contributed by atoms with Crippen LogP contribution in [0.2, 0.25) is 0 Å². The second kappa shape index (κ2) is 3.92. The highest BCUT2D eigenvalue weighted by molar-refractivity contribution is 6.10. The van der Waals surface area contributed by atoms with Crippen molar-refractivity contribution in [2.75, 3.05) is 6.54 Å². The van der Waals surface area contributed by atoms with Crippen molar-refractivity contribution in [1.82, 2.24) is 5.32 Å². The van der Waals surface area contributed by atoms with Gasteiger partial charge in [0.15, 0.2) is 5.78 Å². The maximum atomic E-state index is 11.9. The lowest BCUT2D eigenvalue weighted by Gasteiger charge is -2.07. The summed E-state index contributed by atoms with van der Waals surface area (Å²) >= 11 is 0. The Balaban J connectivity index is 2.25. The molecule has 0 radical (unpaired) electrons. The molecule has 0 aromatic heterocycles. The van der Waals surface area contributed by atoms with Crippen molar-refractivity contribution in [3.63, 3.8) is 0 Å². The lowest BCUT2D eigenvalue weighted by atomic mass is 10.0. The van der Waals surface area contributed by atoms with Crippen molar-refractivity contribution in [3.8, 4) is 0 Å². The molecular formula is C12H11NO. The first kappa shape index (κ1) is 8.75. The highest BCUT2D eigenvalue weighted by atomic mass is 16.1. The van der Waals surface area contributed by atoms with Gasteiger partial charge < -0.3 is 5.32 Å². The maximum Gasteiger partial charge on any atom is 0.192 e. The van der Waals surface area contributed by atoms with E-state index in [0.29, 0.717) is 0 Å². The third-order valence-corrected chi connectivity index (χ3v) is 2.12. The zero-order chi connectivity index (χ0) is 9.80. The molecule has 0 spiro atoms. The molecule has 2 nitrogen and oxygen atoms in total. The molecule has 1 aromatic carbocycles. The minimum atomic E-state index is 0.0864. The van der Waals surface area contributed by atoms with E-state index in [-0.39, 0.29) is 5.78 Å². The van der Waals surface area contributed by atoms with Gasteiger partial charge in [-0.3, -0.25) is 4.79 Å². The van der Waals surface area contributed by atoms with Gasteiger partial charge in [0.1, 0.15) is 0 Å². The number of ketones is 1. The van der Waals surface area contributed by atoms with Crippen LogP contribution in [0.5, 0.6) is 0 Å². The molecule has 1 aliphatic rings. The van der Waals surface area contributed by atoms with Crippen LogP contribution in [0.1, 0.15) is 10.4 Å². The molecule has 1 aromatic rings. The number of allylic oxidation sites excluding steroid dienone is 2. The highest BCUT2D eigenvalue weighted by Crippen LogP contribution is 2.10. The Morgan fingerprint density at radius 1 is 1.21 bits per heavy atom. The van der Waals surface area contributed by atoms with E-state index in [2.05, 4.69) is 5.32 Å². The molecule has 0 atom stereocenters. The first-order valence-corrected chi connectivity index (χ1v) is 4.58. The van der Waals surface area contributed by atoms with Gasteiger partial charge in [0, 0.05) is 17.7 Å². The van der Waals surface area contributed by atoms with E-state index < -0.39 is 0 Å². The summed E-state index contributed by atoms with van der Waals surface area (Å²) < 4.78 is 0. The molecule has 0 aliphatic carbocycles. The SMILES string of the molecule is O=C(C1=CCNC=C1)c1ccccc1. The first-order valence-electron chi connectivity index (χ1n) is 4.58. The summed E-state index contributed by atoms with van der Waals surface area (Å²) in [4.78, 5) is 11.9. The van der Waals surface area contributed by atoms with E-state index in [1.54, 1.807) is 12.3 Å². The Hall–Kier alpha value is -1.83. The normalized spacial score (nSPS) is 14.4. The van der Waals surface area contributed by atoms with Crippen molar-refractivity contribution in [2.45, 2.75) is 0 Å². The summed E-state index contributed by atoms with van der Waals surface area (Å²) in [5.74, 6) is 0.0864. The average Bonchev–Trinajstić information content (AvgIpc) is 2.30. The molecule has 0 amide bonds. The number of hydrogen-bond acceptors (Lipinski definition) is 2. The minimum Gasteiger partial charge on any atom is -0.387 e. The summed E-state index contributed by atoms with van der Waals surface area (Å²) in [6.45, 7) is 0.727. The highest BCUT2D eigenvalue weighted by Gasteiger charge is 2.09. The molecule has 1 heterocycles. The lowest BCUT2D eigenvalue weighted by molar-refractivity contribution is 0.103. The molecule has 0 fully saturated rings. The van der Waals surface area contributed by atoms with Gasteiger partial charge in [0.2, 0.25) is 0 Å². The molecule has 0 saturated carbocycles. The van der Waals surface area contributed by atoms with Gasteiger partial charge in [-0.2, -0.15) is 0 Å². The number of rotatable bonds is 2. The van der Waals surface area contributed by atoms with Crippen LogP contribution >= 0.6 is 0 Å². The minimum absolute atomic E-state index is 0.0864. The van der Waals surface area contributed by atoms with Gasteiger partial charge in [-0.05, 0) is 12.3 Å². The Morgan fingerprint density at radius 2 is 2.00 bits per heavy atom. The monoisotopic (exact) mass is 185 g/mol. The predicted molar refractivity (Wildman–Crippen MR) is 56.0 cm³/mol. The van der Waals surface area contributed by atoms with Crippen LogP contribution in [-0.2, 0) is 0 Å². The molecule has 0 saturated heterocycles. The molecule has 1 N–H and O–H groups in total. The summed E-state index contributed by atoms with van der Waals surface area (Å²) in [5.41, 5.74) is 1.50. The summed E-state index contributed by atoms with van der Waals surface area (Å²) in [6.07, 6.45) is 5.50. The van der Waals surface area contributed by atoms with E-state index in [1.807, 2.05) is 36.4 Å². The fraction of sp³-hybridized carbons (Fsp3) is 0.0833. The fourth-order valence-corrected chi connectivity index (χ4v) is 1.38. The van der Waals surface area contributed by atoms with Gasteiger partial charge in [-0.25, -0.2) is 0 Å². The lowest BCUT2D eigenvalue weighted by Crippen LogP contribution is -2.13. The summed E-state index contributed by atoms with van der Waals surface area (Å²) in [6, 6.07) is 9.32. The van der Waals surface area contributed by atoms with E-state index in [0.717, 1.165) is 17.7 Å².